The Bertz CT molecular complexity index is 443. The van der Waals surface area contributed by atoms with Gasteiger partial charge in [0.1, 0.15) is 0 Å². The lowest BCUT2D eigenvalue weighted by atomic mass is 10.1. The first-order chi connectivity index (χ1) is 10.0. The Hall–Kier alpha value is -0.650. The molecule has 0 aliphatic carbocycles. The van der Waals surface area contributed by atoms with Crippen LogP contribution in [0.5, 0.6) is 0 Å². The minimum atomic E-state index is 0.492. The van der Waals surface area contributed by atoms with Gasteiger partial charge in [0.25, 0.3) is 0 Å². The fraction of sp³-hybridized carbons (Fsp3) is 0.812. The number of nitrogens with zero attached hydrogens (tertiary/aromatic N) is 3. The monoisotopic (exact) mass is 310 g/mol. The Morgan fingerprint density at radius 1 is 1.48 bits per heavy atom. The zero-order valence-electron chi connectivity index (χ0n) is 14.1. The quantitative estimate of drug-likeness (QED) is 0.839. The van der Waals surface area contributed by atoms with E-state index < -0.39 is 0 Å². The number of aromatic nitrogens is 1. The molecule has 4 nitrogen and oxygen atoms in total. The molecule has 2 rings (SSSR count). The first kappa shape index (κ1) is 16.7. The molecule has 1 aromatic rings. The van der Waals surface area contributed by atoms with E-state index in [9.17, 15) is 0 Å². The zero-order valence-corrected chi connectivity index (χ0v) is 15.0. The number of rotatable bonds is 7. The number of nitrogens with one attached hydrogen (secondary N) is 1. The van der Waals surface area contributed by atoms with Gasteiger partial charge in [0, 0.05) is 31.1 Å². The van der Waals surface area contributed by atoms with E-state index in [-0.39, 0.29) is 0 Å². The average Bonchev–Trinajstić information content (AvgIpc) is 3.03. The molecular weight excluding hydrogens is 280 g/mol. The van der Waals surface area contributed by atoms with Crippen molar-refractivity contribution in [2.75, 3.05) is 38.6 Å². The molecule has 1 N–H and O–H groups in total. The summed E-state index contributed by atoms with van der Waals surface area (Å²) in [6.07, 6.45) is 2.64. The van der Waals surface area contributed by atoms with Gasteiger partial charge in [-0.05, 0) is 38.9 Å². The average molecular weight is 311 g/mol. The Morgan fingerprint density at radius 2 is 2.24 bits per heavy atom. The van der Waals surface area contributed by atoms with Gasteiger partial charge >= 0.3 is 0 Å². The smallest absolute Gasteiger partial charge is 0.185 e. The van der Waals surface area contributed by atoms with E-state index in [1.54, 1.807) is 0 Å². The second-order valence-corrected chi connectivity index (χ2v) is 7.46. The maximum atomic E-state index is 4.92. The Balaban J connectivity index is 2.07. The van der Waals surface area contributed by atoms with Crippen LogP contribution in [0.3, 0.4) is 0 Å². The van der Waals surface area contributed by atoms with E-state index in [2.05, 4.69) is 50.0 Å². The number of hydrogen-bond acceptors (Lipinski definition) is 5. The van der Waals surface area contributed by atoms with Crippen molar-refractivity contribution >= 4 is 16.5 Å². The molecule has 21 heavy (non-hydrogen) atoms. The summed E-state index contributed by atoms with van der Waals surface area (Å²) in [6.45, 7) is 10.9. The second-order valence-electron chi connectivity index (χ2n) is 6.40. The third-order valence-electron chi connectivity index (χ3n) is 4.28. The molecule has 1 saturated heterocycles. The number of likely N-dealkylation sites (N-methyl/N-ethyl adjacent to an activating group) is 2. The summed E-state index contributed by atoms with van der Waals surface area (Å²) < 4.78 is 0. The van der Waals surface area contributed by atoms with Crippen LogP contribution in [-0.4, -0.2) is 49.7 Å². The van der Waals surface area contributed by atoms with Crippen molar-refractivity contribution < 1.29 is 0 Å². The predicted octanol–water partition coefficient (Wildman–Crippen LogP) is 2.91. The highest BCUT2D eigenvalue weighted by Crippen LogP contribution is 2.31. The summed E-state index contributed by atoms with van der Waals surface area (Å²) >= 11 is 1.85. The third kappa shape index (κ3) is 4.18. The summed E-state index contributed by atoms with van der Waals surface area (Å²) in [5, 5.41) is 4.61. The molecule has 1 aliphatic heterocycles. The first-order valence-corrected chi connectivity index (χ1v) is 8.96. The van der Waals surface area contributed by atoms with E-state index in [0.717, 1.165) is 19.6 Å². The highest BCUT2D eigenvalue weighted by molar-refractivity contribution is 7.15. The van der Waals surface area contributed by atoms with Gasteiger partial charge in [-0.25, -0.2) is 4.98 Å². The molecule has 1 aromatic heterocycles. The van der Waals surface area contributed by atoms with Crippen molar-refractivity contribution in [3.05, 3.63) is 10.6 Å². The lowest BCUT2D eigenvalue weighted by molar-refractivity contribution is 0.314. The van der Waals surface area contributed by atoms with Crippen molar-refractivity contribution in [1.29, 1.82) is 0 Å². The standard InChI is InChI=1S/C16H30N4S/c1-6-17-10-14-15(12(2)3)18-16(21-14)20(5)11-13-8-7-9-19(13)4/h12-13,17H,6-11H2,1-5H3. The second kappa shape index (κ2) is 7.56. The van der Waals surface area contributed by atoms with E-state index in [1.165, 1.54) is 35.1 Å². The molecular formula is C16H30N4S. The van der Waals surface area contributed by atoms with Crippen molar-refractivity contribution in [2.45, 2.75) is 52.1 Å². The Kier molecular flexibility index (Phi) is 6.02. The van der Waals surface area contributed by atoms with Gasteiger partial charge in [0.2, 0.25) is 0 Å². The van der Waals surface area contributed by atoms with Crippen LogP contribution in [0, 0.1) is 0 Å². The van der Waals surface area contributed by atoms with E-state index in [0.29, 0.717) is 12.0 Å². The summed E-state index contributed by atoms with van der Waals surface area (Å²) in [5.41, 5.74) is 1.27. The van der Waals surface area contributed by atoms with Crippen LogP contribution < -0.4 is 10.2 Å². The van der Waals surface area contributed by atoms with Crippen molar-refractivity contribution in [1.82, 2.24) is 15.2 Å². The lowest BCUT2D eigenvalue weighted by Crippen LogP contribution is -2.36. The van der Waals surface area contributed by atoms with Crippen molar-refractivity contribution in [2.24, 2.45) is 0 Å². The number of hydrogen-bond donors (Lipinski definition) is 1. The molecule has 1 unspecified atom stereocenters. The SMILES string of the molecule is CCNCc1sc(N(C)CC2CCCN2C)nc1C(C)C. The molecule has 120 valence electrons. The van der Waals surface area contributed by atoms with Gasteiger partial charge in [0.05, 0.1) is 5.69 Å². The van der Waals surface area contributed by atoms with Crippen LogP contribution in [0.2, 0.25) is 0 Å². The predicted molar refractivity (Wildman–Crippen MR) is 92.5 cm³/mol. The molecule has 0 aromatic carbocycles. The molecule has 2 heterocycles. The van der Waals surface area contributed by atoms with Crippen LogP contribution in [0.4, 0.5) is 5.13 Å². The van der Waals surface area contributed by atoms with Crippen LogP contribution in [0.25, 0.3) is 0 Å². The topological polar surface area (TPSA) is 31.4 Å². The molecule has 1 atom stereocenters. The van der Waals surface area contributed by atoms with Gasteiger partial charge in [-0.2, -0.15) is 0 Å². The van der Waals surface area contributed by atoms with Crippen LogP contribution in [0.15, 0.2) is 0 Å². The zero-order chi connectivity index (χ0) is 15.4. The summed E-state index contributed by atoms with van der Waals surface area (Å²) in [5.74, 6) is 0.492. The lowest BCUT2D eigenvalue weighted by Gasteiger charge is -2.25. The van der Waals surface area contributed by atoms with Crippen LogP contribution in [0.1, 0.15) is 50.1 Å². The highest BCUT2D eigenvalue weighted by Gasteiger charge is 2.24. The van der Waals surface area contributed by atoms with Gasteiger partial charge < -0.3 is 15.1 Å². The van der Waals surface area contributed by atoms with Crippen LogP contribution in [-0.2, 0) is 6.54 Å². The van der Waals surface area contributed by atoms with Gasteiger partial charge in [-0.1, -0.05) is 20.8 Å². The summed E-state index contributed by atoms with van der Waals surface area (Å²) in [7, 11) is 4.43. The minimum Gasteiger partial charge on any atom is -0.350 e. The highest BCUT2D eigenvalue weighted by atomic mass is 32.1. The van der Waals surface area contributed by atoms with E-state index in [1.807, 2.05) is 11.3 Å². The first-order valence-electron chi connectivity index (χ1n) is 8.14. The molecule has 5 heteroatoms. The maximum Gasteiger partial charge on any atom is 0.185 e. The molecule has 0 amide bonds. The molecule has 0 bridgehead atoms. The van der Waals surface area contributed by atoms with Gasteiger partial charge in [0.15, 0.2) is 5.13 Å². The minimum absolute atomic E-state index is 0.492. The fourth-order valence-corrected chi connectivity index (χ4v) is 4.09. The Morgan fingerprint density at radius 3 is 2.81 bits per heavy atom. The van der Waals surface area contributed by atoms with E-state index >= 15 is 0 Å². The Labute approximate surface area is 133 Å². The molecule has 1 fully saturated rings. The number of likely N-dealkylation sites (tertiary alicyclic amines) is 1. The van der Waals surface area contributed by atoms with Crippen molar-refractivity contribution in [3.63, 3.8) is 0 Å². The maximum absolute atomic E-state index is 4.92. The normalized spacial score (nSPS) is 19.6. The number of thiazole rings is 1. The summed E-state index contributed by atoms with van der Waals surface area (Å²) in [4.78, 5) is 11.1. The molecule has 0 saturated carbocycles. The fourth-order valence-electron chi connectivity index (χ4n) is 2.93. The number of anilines is 1. The van der Waals surface area contributed by atoms with Gasteiger partial charge in [-0.15, -0.1) is 11.3 Å². The summed E-state index contributed by atoms with van der Waals surface area (Å²) in [6, 6.07) is 0.679. The van der Waals surface area contributed by atoms with Crippen LogP contribution >= 0.6 is 11.3 Å². The molecule has 1 aliphatic rings. The van der Waals surface area contributed by atoms with Crippen molar-refractivity contribution in [3.8, 4) is 0 Å². The van der Waals surface area contributed by atoms with E-state index in [4.69, 9.17) is 4.98 Å². The molecule has 0 spiro atoms. The third-order valence-corrected chi connectivity index (χ3v) is 5.47. The van der Waals surface area contributed by atoms with Gasteiger partial charge in [-0.3, -0.25) is 0 Å². The largest absolute Gasteiger partial charge is 0.350 e. The molecule has 0 radical (unpaired) electrons.